The van der Waals surface area contributed by atoms with Gasteiger partial charge in [-0.2, -0.15) is 0 Å². The lowest BCUT2D eigenvalue weighted by atomic mass is 10.2. The summed E-state index contributed by atoms with van der Waals surface area (Å²) in [5.41, 5.74) is 0.438. The van der Waals surface area contributed by atoms with Crippen molar-refractivity contribution < 1.29 is 19.1 Å². The van der Waals surface area contributed by atoms with E-state index in [1.54, 1.807) is 11.5 Å². The van der Waals surface area contributed by atoms with Gasteiger partial charge in [0, 0.05) is 13.0 Å². The molecule has 0 unspecified atom stereocenters. The van der Waals surface area contributed by atoms with Gasteiger partial charge in [-0.15, -0.1) is 11.3 Å². The molecule has 3 rings (SSSR count). The number of nitrogens with zero attached hydrogens (tertiary/aromatic N) is 2. The van der Waals surface area contributed by atoms with E-state index < -0.39 is 18.5 Å². The van der Waals surface area contributed by atoms with Crippen LogP contribution in [0.5, 0.6) is 0 Å². The summed E-state index contributed by atoms with van der Waals surface area (Å²) in [6.07, 6.45) is 1.68. The SMILES string of the molecule is COC(=O)COC(=O)c1sc2nc3n(c(=O)c2c1C)CCC3. The van der Waals surface area contributed by atoms with E-state index in [1.807, 2.05) is 0 Å². The Balaban J connectivity index is 2.00. The Morgan fingerprint density at radius 1 is 1.41 bits per heavy atom. The number of aromatic nitrogens is 2. The molecule has 116 valence electrons. The van der Waals surface area contributed by atoms with Crippen LogP contribution in [-0.2, 0) is 27.2 Å². The van der Waals surface area contributed by atoms with Crippen LogP contribution in [0.2, 0.25) is 0 Å². The lowest BCUT2D eigenvalue weighted by molar-refractivity contribution is -0.144. The number of hydrogen-bond acceptors (Lipinski definition) is 7. The normalized spacial score (nSPS) is 13.2. The summed E-state index contributed by atoms with van der Waals surface area (Å²) in [6, 6.07) is 0. The van der Waals surface area contributed by atoms with E-state index >= 15 is 0 Å². The van der Waals surface area contributed by atoms with Crippen molar-refractivity contribution in [2.45, 2.75) is 26.3 Å². The standard InChI is InChI=1S/C14H14N2O5S/c1-7-10-12(15-8-4-3-5-16(8)13(10)18)22-11(7)14(19)21-6-9(17)20-2/h3-6H2,1-2H3. The third-order valence-electron chi connectivity index (χ3n) is 3.65. The van der Waals surface area contributed by atoms with E-state index in [4.69, 9.17) is 4.74 Å². The van der Waals surface area contributed by atoms with E-state index in [9.17, 15) is 14.4 Å². The largest absolute Gasteiger partial charge is 0.466 e. The fraction of sp³-hybridized carbons (Fsp3) is 0.429. The zero-order valence-electron chi connectivity index (χ0n) is 12.2. The molecule has 0 saturated heterocycles. The zero-order chi connectivity index (χ0) is 15.9. The first kappa shape index (κ1) is 14.7. The van der Waals surface area contributed by atoms with Gasteiger partial charge < -0.3 is 9.47 Å². The second kappa shape index (κ2) is 5.53. The molecule has 0 spiro atoms. The van der Waals surface area contributed by atoms with Crippen LogP contribution in [0.15, 0.2) is 4.79 Å². The van der Waals surface area contributed by atoms with Crippen molar-refractivity contribution in [1.82, 2.24) is 9.55 Å². The van der Waals surface area contributed by atoms with Crippen LogP contribution in [0.1, 0.15) is 27.5 Å². The molecule has 3 heterocycles. The Labute approximate surface area is 129 Å². The van der Waals surface area contributed by atoms with Crippen molar-refractivity contribution in [2.24, 2.45) is 0 Å². The molecule has 0 bridgehead atoms. The van der Waals surface area contributed by atoms with Crippen LogP contribution in [0.25, 0.3) is 10.2 Å². The minimum atomic E-state index is -0.643. The van der Waals surface area contributed by atoms with Crippen LogP contribution in [0, 0.1) is 6.92 Å². The molecule has 0 aliphatic carbocycles. The molecule has 0 atom stereocenters. The van der Waals surface area contributed by atoms with Crippen molar-refractivity contribution in [2.75, 3.05) is 13.7 Å². The highest BCUT2D eigenvalue weighted by Gasteiger charge is 2.24. The number of carbonyl (C=O) groups is 2. The molecule has 0 N–H and O–H groups in total. The number of esters is 2. The van der Waals surface area contributed by atoms with Gasteiger partial charge in [0.15, 0.2) is 6.61 Å². The summed E-state index contributed by atoms with van der Waals surface area (Å²) in [4.78, 5) is 40.9. The summed E-state index contributed by atoms with van der Waals surface area (Å²) in [5.74, 6) is -0.520. The molecule has 2 aromatic rings. The van der Waals surface area contributed by atoms with Gasteiger partial charge in [-0.25, -0.2) is 14.6 Å². The summed E-state index contributed by atoms with van der Waals surface area (Å²) in [7, 11) is 1.22. The molecule has 0 amide bonds. The number of rotatable bonds is 3. The Bertz CT molecular complexity index is 836. The quantitative estimate of drug-likeness (QED) is 0.785. The topological polar surface area (TPSA) is 87.5 Å². The third-order valence-corrected chi connectivity index (χ3v) is 4.81. The summed E-state index contributed by atoms with van der Waals surface area (Å²) in [6.45, 7) is 1.90. The molecule has 0 aromatic carbocycles. The molecule has 0 radical (unpaired) electrons. The molecule has 0 fully saturated rings. The number of thiophene rings is 1. The third kappa shape index (κ3) is 2.29. The van der Waals surface area contributed by atoms with E-state index in [2.05, 4.69) is 9.72 Å². The van der Waals surface area contributed by atoms with E-state index in [0.29, 0.717) is 27.2 Å². The van der Waals surface area contributed by atoms with Crippen molar-refractivity contribution in [3.8, 4) is 0 Å². The first-order valence-electron chi connectivity index (χ1n) is 6.79. The van der Waals surface area contributed by atoms with Gasteiger partial charge in [-0.1, -0.05) is 0 Å². The smallest absolute Gasteiger partial charge is 0.349 e. The van der Waals surface area contributed by atoms with Crippen molar-refractivity contribution in [3.63, 3.8) is 0 Å². The van der Waals surface area contributed by atoms with E-state index in [1.165, 1.54) is 7.11 Å². The van der Waals surface area contributed by atoms with Crippen molar-refractivity contribution in [3.05, 3.63) is 26.6 Å². The minimum Gasteiger partial charge on any atom is -0.466 e. The molecular weight excluding hydrogens is 308 g/mol. The van der Waals surface area contributed by atoms with Crippen LogP contribution in [-0.4, -0.2) is 35.2 Å². The maximum absolute atomic E-state index is 12.5. The predicted octanol–water partition coefficient (Wildman–Crippen LogP) is 1.04. The van der Waals surface area contributed by atoms with Gasteiger partial charge in [0.1, 0.15) is 15.5 Å². The summed E-state index contributed by atoms with van der Waals surface area (Å²) >= 11 is 1.12. The highest BCUT2D eigenvalue weighted by molar-refractivity contribution is 7.20. The van der Waals surface area contributed by atoms with Crippen LogP contribution in [0.3, 0.4) is 0 Å². The number of carbonyl (C=O) groups excluding carboxylic acids is 2. The molecule has 1 aliphatic heterocycles. The van der Waals surface area contributed by atoms with Gasteiger partial charge >= 0.3 is 11.9 Å². The molecule has 22 heavy (non-hydrogen) atoms. The van der Waals surface area contributed by atoms with Crippen molar-refractivity contribution >= 4 is 33.5 Å². The number of hydrogen-bond donors (Lipinski definition) is 0. The Morgan fingerprint density at radius 3 is 2.91 bits per heavy atom. The highest BCUT2D eigenvalue weighted by atomic mass is 32.1. The Kier molecular flexibility index (Phi) is 3.69. The minimum absolute atomic E-state index is 0.113. The zero-order valence-corrected chi connectivity index (χ0v) is 13.0. The van der Waals surface area contributed by atoms with Crippen LogP contribution < -0.4 is 5.56 Å². The van der Waals surface area contributed by atoms with Gasteiger partial charge in [0.05, 0.1) is 12.5 Å². The van der Waals surface area contributed by atoms with Gasteiger partial charge in [-0.05, 0) is 18.9 Å². The average Bonchev–Trinajstić information content (AvgIpc) is 3.10. The highest BCUT2D eigenvalue weighted by Crippen LogP contribution is 2.29. The Morgan fingerprint density at radius 2 is 2.18 bits per heavy atom. The van der Waals surface area contributed by atoms with Crippen LogP contribution >= 0.6 is 11.3 Å². The fourth-order valence-electron chi connectivity index (χ4n) is 2.52. The van der Waals surface area contributed by atoms with Crippen molar-refractivity contribution in [1.29, 1.82) is 0 Å². The van der Waals surface area contributed by atoms with Crippen LogP contribution in [0.4, 0.5) is 0 Å². The monoisotopic (exact) mass is 322 g/mol. The predicted molar refractivity (Wildman–Crippen MR) is 79.2 cm³/mol. The number of aryl methyl sites for hydroxylation is 2. The first-order chi connectivity index (χ1) is 10.5. The number of methoxy groups -OCH3 is 1. The average molecular weight is 322 g/mol. The maximum atomic E-state index is 12.5. The second-order valence-corrected chi connectivity index (χ2v) is 5.98. The molecule has 1 aliphatic rings. The molecule has 0 saturated carbocycles. The van der Waals surface area contributed by atoms with Gasteiger partial charge in [0.25, 0.3) is 5.56 Å². The molecule has 8 heteroatoms. The van der Waals surface area contributed by atoms with Gasteiger partial charge in [0.2, 0.25) is 0 Å². The number of fused-ring (bicyclic) bond motifs is 2. The first-order valence-corrected chi connectivity index (χ1v) is 7.61. The lowest BCUT2D eigenvalue weighted by Gasteiger charge is -2.02. The second-order valence-electron chi connectivity index (χ2n) is 4.98. The fourth-order valence-corrected chi connectivity index (χ4v) is 3.60. The van der Waals surface area contributed by atoms with E-state index in [0.717, 1.165) is 30.0 Å². The summed E-state index contributed by atoms with van der Waals surface area (Å²) in [5, 5.41) is 0.459. The van der Waals surface area contributed by atoms with E-state index in [-0.39, 0.29) is 5.56 Å². The lowest BCUT2D eigenvalue weighted by Crippen LogP contribution is -2.20. The number of ether oxygens (including phenoxy) is 2. The maximum Gasteiger partial charge on any atom is 0.349 e. The summed E-state index contributed by atoms with van der Waals surface area (Å²) < 4.78 is 11.0. The molecule has 2 aromatic heterocycles. The molecule has 7 nitrogen and oxygen atoms in total. The molecular formula is C14H14N2O5S. The van der Waals surface area contributed by atoms with Gasteiger partial charge in [-0.3, -0.25) is 9.36 Å². The Hall–Kier alpha value is -2.22.